The third-order valence-electron chi connectivity index (χ3n) is 5.44. The number of nitrogens with two attached hydrogens (primary N) is 1. The van der Waals surface area contributed by atoms with Gasteiger partial charge in [0.25, 0.3) is 0 Å². The van der Waals surface area contributed by atoms with Crippen LogP contribution in [0, 0.1) is 0 Å². The van der Waals surface area contributed by atoms with Gasteiger partial charge in [0.1, 0.15) is 35.9 Å². The second-order valence-electron chi connectivity index (χ2n) is 8.77. The largest absolute Gasteiger partial charge is 0.462 e. The molecule has 1 aromatic carbocycles. The summed E-state index contributed by atoms with van der Waals surface area (Å²) in [6, 6.07) is 8.58. The molecule has 0 radical (unpaired) electrons. The van der Waals surface area contributed by atoms with Gasteiger partial charge in [-0.1, -0.05) is 18.2 Å². The third kappa shape index (κ3) is 7.16. The Balaban J connectivity index is 1.84. The summed E-state index contributed by atoms with van der Waals surface area (Å²) in [6.07, 6.45) is -4.53. The van der Waals surface area contributed by atoms with Gasteiger partial charge in [-0.25, -0.2) is 9.36 Å². The van der Waals surface area contributed by atoms with Gasteiger partial charge in [-0.15, -0.1) is 0 Å². The van der Waals surface area contributed by atoms with E-state index in [1.54, 1.807) is 44.2 Å². The first kappa shape index (κ1) is 28.8. The lowest BCUT2D eigenvalue weighted by molar-refractivity contribution is -0.149. The van der Waals surface area contributed by atoms with E-state index in [0.29, 0.717) is 0 Å². The second kappa shape index (κ2) is 12.2. The van der Waals surface area contributed by atoms with Crippen molar-refractivity contribution < 1.29 is 37.7 Å². The number of nitrogens with one attached hydrogen (secondary N) is 1. The molecule has 13 nitrogen and oxygen atoms in total. The molecule has 2 aromatic rings. The van der Waals surface area contributed by atoms with Crippen LogP contribution in [0.15, 0.2) is 47.4 Å². The minimum Gasteiger partial charge on any atom is -0.462 e. The normalized spacial score (nSPS) is 24.8. The second-order valence-corrected chi connectivity index (χ2v) is 10.4. The molecule has 1 saturated heterocycles. The number of esters is 1. The van der Waals surface area contributed by atoms with Gasteiger partial charge in [0.15, 0.2) is 6.23 Å². The standard InChI is InChI=1S/C23H33N4O9P/c1-13(2)33-22(29)14(3)26-37(31,36-16-9-7-6-8-10-16)35-15(4)19-18(28)20(32-5)21(34-19)27-12-11-17(24)25-23(27)30/h6-15,18-21,28H,1-5H3,(H,26,31)(H2,24,25,30)/t14?,15?,18-,19-,20-,21-,37?/m1/s1. The van der Waals surface area contributed by atoms with Crippen LogP contribution in [0.4, 0.5) is 5.82 Å². The molecule has 3 rings (SSSR count). The van der Waals surface area contributed by atoms with Crippen LogP contribution >= 0.6 is 7.75 Å². The zero-order chi connectivity index (χ0) is 27.3. The molecule has 1 fully saturated rings. The quantitative estimate of drug-likeness (QED) is 0.278. The van der Waals surface area contributed by atoms with E-state index in [0.717, 1.165) is 4.57 Å². The van der Waals surface area contributed by atoms with Crippen molar-refractivity contribution in [2.24, 2.45) is 0 Å². The van der Waals surface area contributed by atoms with Crippen LogP contribution < -0.4 is 21.0 Å². The molecule has 37 heavy (non-hydrogen) atoms. The highest BCUT2D eigenvalue weighted by Crippen LogP contribution is 2.48. The number of anilines is 1. The number of carbonyl (C=O) groups excluding carboxylic acids is 1. The van der Waals surface area contributed by atoms with Crippen molar-refractivity contribution in [1.29, 1.82) is 0 Å². The number of hydrogen-bond acceptors (Lipinski definition) is 11. The van der Waals surface area contributed by atoms with Crippen LogP contribution in [0.2, 0.25) is 0 Å². The number of aliphatic hydroxyl groups excluding tert-OH is 1. The van der Waals surface area contributed by atoms with Crippen molar-refractivity contribution in [2.75, 3.05) is 12.8 Å². The highest BCUT2D eigenvalue weighted by Gasteiger charge is 2.50. The number of para-hydroxylation sites is 1. The number of methoxy groups -OCH3 is 1. The molecule has 0 amide bonds. The van der Waals surface area contributed by atoms with Crippen molar-refractivity contribution in [1.82, 2.24) is 14.6 Å². The van der Waals surface area contributed by atoms with E-state index >= 15 is 0 Å². The fraction of sp³-hybridized carbons (Fsp3) is 0.522. The minimum atomic E-state index is -4.25. The molecule has 0 bridgehead atoms. The first-order chi connectivity index (χ1) is 17.4. The van der Waals surface area contributed by atoms with Gasteiger partial charge < -0.3 is 29.6 Å². The number of hydrogen-bond donors (Lipinski definition) is 3. The van der Waals surface area contributed by atoms with Gasteiger partial charge in [0.2, 0.25) is 0 Å². The van der Waals surface area contributed by atoms with Gasteiger partial charge >= 0.3 is 19.4 Å². The van der Waals surface area contributed by atoms with Gasteiger partial charge in [-0.3, -0.25) is 13.9 Å². The first-order valence-electron chi connectivity index (χ1n) is 11.7. The zero-order valence-electron chi connectivity index (χ0n) is 21.2. The number of ether oxygens (including phenoxy) is 3. The van der Waals surface area contributed by atoms with Crippen molar-refractivity contribution >= 4 is 19.5 Å². The molecule has 3 unspecified atom stereocenters. The van der Waals surface area contributed by atoms with Crippen molar-refractivity contribution in [3.8, 4) is 5.75 Å². The molecule has 1 aliphatic heterocycles. The van der Waals surface area contributed by atoms with E-state index in [4.69, 9.17) is 29.0 Å². The number of carbonyl (C=O) groups is 1. The van der Waals surface area contributed by atoms with Crippen molar-refractivity contribution in [2.45, 2.75) is 70.5 Å². The highest BCUT2D eigenvalue weighted by atomic mass is 31.2. The fourth-order valence-electron chi connectivity index (χ4n) is 3.76. The molecular formula is C23H33N4O9P. The average molecular weight is 541 g/mol. The maximum absolute atomic E-state index is 13.8. The molecule has 0 aliphatic carbocycles. The number of aliphatic hydroxyl groups is 1. The van der Waals surface area contributed by atoms with Crippen molar-refractivity contribution in [3.63, 3.8) is 0 Å². The summed E-state index contributed by atoms with van der Waals surface area (Å²) in [5, 5.41) is 13.5. The Morgan fingerprint density at radius 1 is 1.22 bits per heavy atom. The summed E-state index contributed by atoms with van der Waals surface area (Å²) in [5.74, 6) is -0.415. The molecule has 1 aliphatic rings. The Kier molecular flexibility index (Phi) is 9.46. The lowest BCUT2D eigenvalue weighted by Gasteiger charge is -2.29. The van der Waals surface area contributed by atoms with Crippen molar-refractivity contribution in [3.05, 3.63) is 53.1 Å². The van der Waals surface area contributed by atoms with E-state index in [9.17, 15) is 19.3 Å². The lowest BCUT2D eigenvalue weighted by Crippen LogP contribution is -2.41. The maximum atomic E-state index is 13.8. The molecule has 1 aromatic heterocycles. The molecule has 0 saturated carbocycles. The lowest BCUT2D eigenvalue weighted by atomic mass is 10.1. The Bertz CT molecular complexity index is 1160. The molecule has 0 spiro atoms. The van der Waals surface area contributed by atoms with Gasteiger partial charge in [0.05, 0.1) is 12.2 Å². The van der Waals surface area contributed by atoms with Crippen LogP contribution in [0.25, 0.3) is 0 Å². The topological polar surface area (TPSA) is 173 Å². The molecule has 204 valence electrons. The summed E-state index contributed by atoms with van der Waals surface area (Å²) < 4.78 is 42.9. The maximum Gasteiger partial charge on any atom is 0.459 e. The SMILES string of the molecule is CO[C@@H]1[C@H](O)[C@@H](C(C)OP(=O)(NC(C)C(=O)OC(C)C)Oc2ccccc2)O[C@H]1n1ccc(N)nc1=O. The van der Waals surface area contributed by atoms with E-state index in [1.807, 2.05) is 0 Å². The Hall–Kier alpha value is -2.80. The van der Waals surface area contributed by atoms with Gasteiger partial charge in [-0.2, -0.15) is 10.1 Å². The number of benzene rings is 1. The third-order valence-corrected chi connectivity index (χ3v) is 7.21. The van der Waals surface area contributed by atoms with Crippen LogP contribution in [0.3, 0.4) is 0 Å². The monoisotopic (exact) mass is 540 g/mol. The number of nitrogens with zero attached hydrogens (tertiary/aromatic N) is 2. The summed E-state index contributed by atoms with van der Waals surface area (Å²) >= 11 is 0. The van der Waals surface area contributed by atoms with E-state index in [2.05, 4.69) is 10.1 Å². The van der Waals surface area contributed by atoms with E-state index in [1.165, 1.54) is 33.2 Å². The summed E-state index contributed by atoms with van der Waals surface area (Å²) in [6.45, 7) is 6.34. The Morgan fingerprint density at radius 3 is 2.49 bits per heavy atom. The minimum absolute atomic E-state index is 0.0252. The first-order valence-corrected chi connectivity index (χ1v) is 13.2. The predicted molar refractivity (Wildman–Crippen MR) is 133 cm³/mol. The van der Waals surface area contributed by atoms with Crippen LogP contribution in [0.5, 0.6) is 5.75 Å². The fourth-order valence-corrected chi connectivity index (χ4v) is 5.46. The van der Waals surface area contributed by atoms with Crippen LogP contribution in [-0.2, 0) is 28.1 Å². The molecule has 2 heterocycles. The molecular weight excluding hydrogens is 507 g/mol. The van der Waals surface area contributed by atoms with Gasteiger partial charge in [0, 0.05) is 13.3 Å². The molecule has 7 atom stereocenters. The summed E-state index contributed by atoms with van der Waals surface area (Å²) in [7, 11) is -2.90. The molecule has 14 heteroatoms. The smallest absolute Gasteiger partial charge is 0.459 e. The van der Waals surface area contributed by atoms with Crippen LogP contribution in [0.1, 0.15) is 33.9 Å². The predicted octanol–water partition coefficient (Wildman–Crippen LogP) is 1.62. The van der Waals surface area contributed by atoms with E-state index < -0.39 is 56.1 Å². The Morgan fingerprint density at radius 2 is 1.89 bits per heavy atom. The van der Waals surface area contributed by atoms with Crippen LogP contribution in [-0.4, -0.2) is 64.3 Å². The summed E-state index contributed by atoms with van der Waals surface area (Å²) in [4.78, 5) is 28.4. The summed E-state index contributed by atoms with van der Waals surface area (Å²) in [5.41, 5.74) is 4.86. The van der Waals surface area contributed by atoms with Gasteiger partial charge in [-0.05, 0) is 45.9 Å². The Labute approximate surface area is 214 Å². The zero-order valence-corrected chi connectivity index (χ0v) is 22.1. The number of aromatic nitrogens is 2. The molecule has 4 N–H and O–H groups in total. The number of rotatable bonds is 11. The highest BCUT2D eigenvalue weighted by molar-refractivity contribution is 7.52. The van der Waals surface area contributed by atoms with E-state index in [-0.39, 0.29) is 17.7 Å². The number of nitrogen functional groups attached to an aromatic ring is 1. The average Bonchev–Trinajstić information content (AvgIpc) is 3.15.